The maximum absolute atomic E-state index is 12.3. The first kappa shape index (κ1) is 18.4. The van der Waals surface area contributed by atoms with Gasteiger partial charge in [-0.2, -0.15) is 5.10 Å². The van der Waals surface area contributed by atoms with E-state index in [1.807, 2.05) is 25.6 Å². The Bertz CT molecular complexity index is 599. The highest BCUT2D eigenvalue weighted by molar-refractivity contribution is 5.77. The Morgan fingerprint density at radius 3 is 2.83 bits per heavy atom. The Balaban J connectivity index is 1.86. The molecule has 8 heteroatoms. The van der Waals surface area contributed by atoms with Crippen LogP contribution in [0.5, 0.6) is 0 Å². The minimum atomic E-state index is -0.519. The van der Waals surface area contributed by atoms with Gasteiger partial charge in [0, 0.05) is 25.8 Å². The number of hydrogen-bond donors (Lipinski definition) is 2. The number of primary amides is 1. The molecule has 134 valence electrons. The van der Waals surface area contributed by atoms with E-state index >= 15 is 0 Å². The summed E-state index contributed by atoms with van der Waals surface area (Å²) in [7, 11) is 1.89. The highest BCUT2D eigenvalue weighted by atomic mass is 16.5. The predicted molar refractivity (Wildman–Crippen MR) is 87.3 cm³/mol. The number of carbonyl (C=O) groups excluding carboxylic acids is 2. The van der Waals surface area contributed by atoms with E-state index in [4.69, 9.17) is 15.2 Å². The van der Waals surface area contributed by atoms with Crippen molar-refractivity contribution in [2.75, 3.05) is 19.8 Å². The Hall–Kier alpha value is -1.93. The van der Waals surface area contributed by atoms with Crippen molar-refractivity contribution in [2.24, 2.45) is 12.8 Å². The molecule has 2 rings (SSSR count). The largest absolute Gasteiger partial charge is 0.379 e. The second-order valence-electron chi connectivity index (χ2n) is 6.13. The van der Waals surface area contributed by atoms with Crippen LogP contribution in [0.15, 0.2) is 0 Å². The maximum Gasteiger partial charge on any atom is 0.243 e. The van der Waals surface area contributed by atoms with Crippen molar-refractivity contribution in [3.05, 3.63) is 17.0 Å². The zero-order chi connectivity index (χ0) is 17.7. The van der Waals surface area contributed by atoms with Crippen LogP contribution < -0.4 is 11.1 Å². The molecule has 24 heavy (non-hydrogen) atoms. The normalized spacial score (nSPS) is 20.8. The Kier molecular flexibility index (Phi) is 6.33. The monoisotopic (exact) mass is 338 g/mol. The van der Waals surface area contributed by atoms with Gasteiger partial charge in [-0.1, -0.05) is 0 Å². The van der Waals surface area contributed by atoms with Gasteiger partial charge in [0.05, 0.1) is 24.4 Å². The zero-order valence-electron chi connectivity index (χ0n) is 14.5. The smallest absolute Gasteiger partial charge is 0.243 e. The Labute approximate surface area is 141 Å². The van der Waals surface area contributed by atoms with E-state index in [0.717, 1.165) is 17.0 Å². The van der Waals surface area contributed by atoms with E-state index in [1.54, 1.807) is 0 Å². The van der Waals surface area contributed by atoms with Gasteiger partial charge in [0.25, 0.3) is 0 Å². The molecule has 2 atom stereocenters. The van der Waals surface area contributed by atoms with Gasteiger partial charge >= 0.3 is 0 Å². The molecular weight excluding hydrogens is 312 g/mol. The molecule has 0 aliphatic carbocycles. The third kappa shape index (κ3) is 4.78. The molecule has 8 nitrogen and oxygen atoms in total. The number of carbonyl (C=O) groups is 2. The van der Waals surface area contributed by atoms with Crippen LogP contribution in [0.2, 0.25) is 0 Å². The fourth-order valence-corrected chi connectivity index (χ4v) is 2.94. The van der Waals surface area contributed by atoms with Crippen LogP contribution in [0.3, 0.4) is 0 Å². The fraction of sp³-hybridized carbons (Fsp3) is 0.688. The molecule has 1 aliphatic heterocycles. The van der Waals surface area contributed by atoms with Crippen LogP contribution in [0.1, 0.15) is 29.8 Å². The van der Waals surface area contributed by atoms with Gasteiger partial charge in [0.15, 0.2) is 0 Å². The summed E-state index contributed by atoms with van der Waals surface area (Å²) in [6, 6.07) is -0.262. The Morgan fingerprint density at radius 2 is 2.21 bits per heavy atom. The molecule has 0 bridgehead atoms. The molecule has 0 spiro atoms. The topological polar surface area (TPSA) is 108 Å². The first-order valence-electron chi connectivity index (χ1n) is 8.14. The average Bonchev–Trinajstić information content (AvgIpc) is 2.77. The number of aromatic nitrogens is 2. The van der Waals surface area contributed by atoms with Gasteiger partial charge in [0.2, 0.25) is 11.8 Å². The number of rotatable bonds is 7. The fourth-order valence-electron chi connectivity index (χ4n) is 2.94. The van der Waals surface area contributed by atoms with Gasteiger partial charge in [-0.05, 0) is 32.3 Å². The number of hydrogen-bond acceptors (Lipinski definition) is 5. The number of amides is 2. The van der Waals surface area contributed by atoms with Gasteiger partial charge in [-0.25, -0.2) is 0 Å². The number of nitrogens with one attached hydrogen (secondary N) is 1. The van der Waals surface area contributed by atoms with Crippen molar-refractivity contribution < 1.29 is 19.1 Å². The van der Waals surface area contributed by atoms with Crippen LogP contribution in [0.4, 0.5) is 0 Å². The summed E-state index contributed by atoms with van der Waals surface area (Å²) in [4.78, 5) is 23.1. The van der Waals surface area contributed by atoms with Crippen molar-refractivity contribution in [3.63, 3.8) is 0 Å². The van der Waals surface area contributed by atoms with Crippen LogP contribution in [0, 0.1) is 13.8 Å². The van der Waals surface area contributed by atoms with Gasteiger partial charge in [-0.15, -0.1) is 0 Å². The van der Waals surface area contributed by atoms with Crippen LogP contribution in [-0.2, 0) is 32.5 Å². The standard InChI is InChI=1S/C16H26N4O4/c1-10-12(11(2)20(3)19-10)4-5-16(22)18-13-8-23-7-6-14(13)24-9-15(17)21/h13-14H,4-9H2,1-3H3,(H2,17,21)(H,18,22)/t13-,14+/m1/s1. The van der Waals surface area contributed by atoms with E-state index in [9.17, 15) is 9.59 Å². The lowest BCUT2D eigenvalue weighted by molar-refractivity contribution is -0.131. The molecule has 0 aromatic carbocycles. The summed E-state index contributed by atoms with van der Waals surface area (Å²) in [5.41, 5.74) is 8.24. The minimum Gasteiger partial charge on any atom is -0.379 e. The second-order valence-corrected chi connectivity index (χ2v) is 6.13. The number of aryl methyl sites for hydroxylation is 2. The van der Waals surface area contributed by atoms with E-state index in [0.29, 0.717) is 32.5 Å². The van der Waals surface area contributed by atoms with Crippen LogP contribution in [0.25, 0.3) is 0 Å². The first-order chi connectivity index (χ1) is 11.4. The molecule has 0 unspecified atom stereocenters. The summed E-state index contributed by atoms with van der Waals surface area (Å²) in [5.74, 6) is -0.588. The summed E-state index contributed by atoms with van der Waals surface area (Å²) in [5, 5.41) is 7.30. The molecular formula is C16H26N4O4. The molecule has 1 aromatic heterocycles. The second kappa shape index (κ2) is 8.25. The molecule has 2 amide bonds. The summed E-state index contributed by atoms with van der Waals surface area (Å²) in [6.45, 7) is 4.72. The number of nitrogens with zero attached hydrogens (tertiary/aromatic N) is 2. The lowest BCUT2D eigenvalue weighted by atomic mass is 10.0. The third-order valence-electron chi connectivity index (χ3n) is 4.34. The van der Waals surface area contributed by atoms with Gasteiger partial charge in [0.1, 0.15) is 6.61 Å². The molecule has 2 heterocycles. The highest BCUT2D eigenvalue weighted by Crippen LogP contribution is 2.15. The zero-order valence-corrected chi connectivity index (χ0v) is 14.5. The predicted octanol–water partition coefficient (Wildman–Crippen LogP) is -0.255. The van der Waals surface area contributed by atoms with E-state index in [2.05, 4.69) is 10.4 Å². The molecule has 0 radical (unpaired) electrons. The third-order valence-corrected chi connectivity index (χ3v) is 4.34. The molecule has 3 N–H and O–H groups in total. The first-order valence-corrected chi connectivity index (χ1v) is 8.14. The average molecular weight is 338 g/mol. The SMILES string of the molecule is Cc1nn(C)c(C)c1CCC(=O)N[C@@H]1COCC[C@@H]1OCC(N)=O. The molecule has 0 saturated carbocycles. The summed E-state index contributed by atoms with van der Waals surface area (Å²) in [6.07, 6.45) is 1.38. The molecule has 1 aromatic rings. The van der Waals surface area contributed by atoms with Gasteiger partial charge in [-0.3, -0.25) is 14.3 Å². The van der Waals surface area contributed by atoms with Crippen molar-refractivity contribution in [2.45, 2.75) is 45.3 Å². The van der Waals surface area contributed by atoms with Crippen molar-refractivity contribution in [1.29, 1.82) is 0 Å². The van der Waals surface area contributed by atoms with Crippen LogP contribution in [-0.4, -0.2) is 53.6 Å². The quantitative estimate of drug-likeness (QED) is 0.712. The molecule has 1 fully saturated rings. The lowest BCUT2D eigenvalue weighted by Crippen LogP contribution is -2.51. The minimum absolute atomic E-state index is 0.0687. The van der Waals surface area contributed by atoms with E-state index in [1.165, 1.54) is 0 Å². The number of ether oxygens (including phenoxy) is 2. The maximum atomic E-state index is 12.3. The Morgan fingerprint density at radius 1 is 1.46 bits per heavy atom. The summed E-state index contributed by atoms with van der Waals surface area (Å²) >= 11 is 0. The molecule has 1 aliphatic rings. The highest BCUT2D eigenvalue weighted by Gasteiger charge is 2.28. The van der Waals surface area contributed by atoms with Crippen LogP contribution >= 0.6 is 0 Å². The van der Waals surface area contributed by atoms with Crippen molar-refractivity contribution in [3.8, 4) is 0 Å². The van der Waals surface area contributed by atoms with Crippen molar-refractivity contribution in [1.82, 2.24) is 15.1 Å². The van der Waals surface area contributed by atoms with Crippen molar-refractivity contribution >= 4 is 11.8 Å². The van der Waals surface area contributed by atoms with E-state index < -0.39 is 5.91 Å². The summed E-state index contributed by atoms with van der Waals surface area (Å²) < 4.78 is 12.7. The van der Waals surface area contributed by atoms with Gasteiger partial charge < -0.3 is 20.5 Å². The van der Waals surface area contributed by atoms with E-state index in [-0.39, 0.29) is 24.7 Å². The number of nitrogens with two attached hydrogens (primary N) is 1. The molecule has 1 saturated heterocycles. The lowest BCUT2D eigenvalue weighted by Gasteiger charge is -2.31.